The maximum Gasteiger partial charge on any atom is 0.319 e. The summed E-state index contributed by atoms with van der Waals surface area (Å²) < 4.78 is 50.1. The number of aliphatic hydroxyl groups excluding tert-OH is 1. The van der Waals surface area contributed by atoms with Gasteiger partial charge in [0, 0.05) is 49.5 Å². The number of hydrogen-bond donors (Lipinski definition) is 2. The summed E-state index contributed by atoms with van der Waals surface area (Å²) in [6.07, 6.45) is 9.07. The van der Waals surface area contributed by atoms with Crippen LogP contribution in [-0.4, -0.2) is 101 Å². The van der Waals surface area contributed by atoms with E-state index in [0.717, 1.165) is 64.6 Å². The molecule has 2 aromatic heterocycles. The molecule has 0 radical (unpaired) electrons. The Hall–Kier alpha value is -3.71. The first-order chi connectivity index (χ1) is 25.2. The number of aromatic hydroxyl groups is 1. The van der Waals surface area contributed by atoms with E-state index >= 15 is 8.78 Å². The fraction of sp³-hybridized carbons (Fsp3) is 0.575. The molecule has 0 bridgehead atoms. The summed E-state index contributed by atoms with van der Waals surface area (Å²) in [5.41, 5.74) is 0.598. The highest BCUT2D eigenvalue weighted by Crippen LogP contribution is 2.49. The number of β-amino-alcohol motifs (C(OH)–C–C–N with tert-alkyl or cyclic N) is 1. The average molecular weight is 718 g/mol. The first-order valence-electron chi connectivity index (χ1n) is 19.0. The molecule has 4 unspecified atom stereocenters. The zero-order chi connectivity index (χ0) is 36.0. The van der Waals surface area contributed by atoms with Crippen LogP contribution in [-0.2, 0) is 15.9 Å². The number of fused-ring (bicyclic) bond motifs is 3. The molecule has 5 atom stereocenters. The number of phenolic OH excluding ortho intramolecular Hbond substituents is 1. The first-order valence-corrected chi connectivity index (χ1v) is 19.0. The van der Waals surface area contributed by atoms with Gasteiger partial charge in [0.2, 0.25) is 0 Å². The molecular weight excluding hydrogens is 668 g/mol. The molecule has 5 heterocycles. The van der Waals surface area contributed by atoms with Gasteiger partial charge in [0.25, 0.3) is 0 Å². The first kappa shape index (κ1) is 35.3. The molecule has 12 heteroatoms. The van der Waals surface area contributed by atoms with Crippen molar-refractivity contribution < 1.29 is 33.2 Å². The Balaban J connectivity index is 1.18. The van der Waals surface area contributed by atoms with Crippen molar-refractivity contribution in [3.63, 3.8) is 0 Å². The van der Waals surface area contributed by atoms with Gasteiger partial charge in [-0.1, -0.05) is 19.4 Å². The average Bonchev–Trinajstić information content (AvgIpc) is 3.45. The molecule has 2 aromatic carbocycles. The van der Waals surface area contributed by atoms with Crippen molar-refractivity contribution in [3.05, 3.63) is 47.7 Å². The highest BCUT2D eigenvalue weighted by atomic mass is 19.1. The van der Waals surface area contributed by atoms with E-state index in [1.54, 1.807) is 12.1 Å². The highest BCUT2D eigenvalue weighted by Gasteiger charge is 2.49. The molecular formula is C40H49F2N5O5. The Labute approximate surface area is 303 Å². The summed E-state index contributed by atoms with van der Waals surface area (Å²) in [7, 11) is 0. The van der Waals surface area contributed by atoms with Crippen LogP contribution in [0.2, 0.25) is 0 Å². The van der Waals surface area contributed by atoms with Gasteiger partial charge in [-0.3, -0.25) is 9.88 Å². The van der Waals surface area contributed by atoms with E-state index in [9.17, 15) is 10.2 Å². The van der Waals surface area contributed by atoms with E-state index in [4.69, 9.17) is 24.2 Å². The lowest BCUT2D eigenvalue weighted by Gasteiger charge is -2.47. The van der Waals surface area contributed by atoms with Crippen molar-refractivity contribution in [2.45, 2.75) is 83.5 Å². The molecule has 2 N–H and O–H groups in total. The molecule has 4 aliphatic rings. The van der Waals surface area contributed by atoms with Crippen molar-refractivity contribution in [2.75, 3.05) is 57.5 Å². The molecule has 3 saturated heterocycles. The number of phenols is 1. The summed E-state index contributed by atoms with van der Waals surface area (Å²) in [4.78, 5) is 18.7. The molecule has 1 aliphatic carbocycles. The summed E-state index contributed by atoms with van der Waals surface area (Å²) in [6, 6.07) is 6.38. The SMILES string of the molecule is CCc1c(F)ccc2cc(O)cc(-c3ncc4c(N5CCOCC(O)C5)nc(OCC56CCCC5N(CC5CCO[C@@H](C)C5)CCC6)nc4c3F)c12. The van der Waals surface area contributed by atoms with Crippen LogP contribution in [0.15, 0.2) is 30.5 Å². The molecule has 8 rings (SSSR count). The number of nitrogens with zero attached hydrogens (tertiary/aromatic N) is 5. The molecule has 1 saturated carbocycles. The number of aromatic nitrogens is 3. The minimum atomic E-state index is -0.764. The number of anilines is 1. The Morgan fingerprint density at radius 2 is 1.94 bits per heavy atom. The monoisotopic (exact) mass is 717 g/mol. The predicted molar refractivity (Wildman–Crippen MR) is 195 cm³/mol. The van der Waals surface area contributed by atoms with Crippen LogP contribution >= 0.6 is 0 Å². The third-order valence-electron chi connectivity index (χ3n) is 11.9. The van der Waals surface area contributed by atoms with E-state index in [1.165, 1.54) is 18.3 Å². The third-order valence-corrected chi connectivity index (χ3v) is 11.9. The molecule has 52 heavy (non-hydrogen) atoms. The second kappa shape index (κ2) is 14.6. The predicted octanol–water partition coefficient (Wildman–Crippen LogP) is 6.42. The molecule has 0 amide bonds. The van der Waals surface area contributed by atoms with Crippen molar-refractivity contribution in [2.24, 2.45) is 11.3 Å². The molecule has 3 aliphatic heterocycles. The number of hydrogen-bond acceptors (Lipinski definition) is 10. The number of pyridine rings is 1. The van der Waals surface area contributed by atoms with E-state index in [2.05, 4.69) is 16.8 Å². The van der Waals surface area contributed by atoms with E-state index in [1.807, 2.05) is 11.8 Å². The van der Waals surface area contributed by atoms with Gasteiger partial charge < -0.3 is 29.3 Å². The van der Waals surface area contributed by atoms with Crippen molar-refractivity contribution in [1.82, 2.24) is 19.9 Å². The Morgan fingerprint density at radius 1 is 1.08 bits per heavy atom. The number of halogens is 2. The number of rotatable bonds is 8. The maximum atomic E-state index is 17.1. The maximum absolute atomic E-state index is 17.1. The van der Waals surface area contributed by atoms with Gasteiger partial charge in [-0.25, -0.2) is 8.78 Å². The number of likely N-dealkylation sites (tertiary alicyclic amines) is 1. The van der Waals surface area contributed by atoms with Crippen LogP contribution in [0.1, 0.15) is 64.4 Å². The van der Waals surface area contributed by atoms with Crippen LogP contribution in [0, 0.1) is 23.0 Å². The van der Waals surface area contributed by atoms with Gasteiger partial charge in [-0.05, 0) is 98.9 Å². The van der Waals surface area contributed by atoms with Gasteiger partial charge in [-0.2, -0.15) is 9.97 Å². The van der Waals surface area contributed by atoms with Crippen LogP contribution in [0.25, 0.3) is 32.9 Å². The quantitative estimate of drug-likeness (QED) is 0.212. The summed E-state index contributed by atoms with van der Waals surface area (Å²) in [5.74, 6) is -0.176. The molecule has 4 aromatic rings. The number of piperidine rings is 1. The number of aryl methyl sites for hydroxylation is 1. The van der Waals surface area contributed by atoms with Crippen molar-refractivity contribution >= 4 is 27.5 Å². The fourth-order valence-corrected chi connectivity index (χ4v) is 9.56. The molecule has 0 spiro atoms. The Kier molecular flexibility index (Phi) is 9.92. The van der Waals surface area contributed by atoms with E-state index < -0.39 is 17.7 Å². The summed E-state index contributed by atoms with van der Waals surface area (Å²) >= 11 is 0. The second-order valence-electron chi connectivity index (χ2n) is 15.4. The minimum Gasteiger partial charge on any atom is -0.508 e. The zero-order valence-corrected chi connectivity index (χ0v) is 30.1. The van der Waals surface area contributed by atoms with E-state index in [0.29, 0.717) is 71.8 Å². The lowest BCUT2D eigenvalue weighted by Crippen LogP contribution is -2.53. The van der Waals surface area contributed by atoms with E-state index in [-0.39, 0.29) is 47.1 Å². The Morgan fingerprint density at radius 3 is 2.79 bits per heavy atom. The smallest absolute Gasteiger partial charge is 0.319 e. The number of aliphatic hydroxyl groups is 1. The van der Waals surface area contributed by atoms with Crippen LogP contribution in [0.3, 0.4) is 0 Å². The minimum absolute atomic E-state index is 0.00924. The van der Waals surface area contributed by atoms with Crippen LogP contribution < -0.4 is 9.64 Å². The topological polar surface area (TPSA) is 113 Å². The standard InChI is InChI=1S/C40H49F2N5O5/c1-3-29-32(41)8-7-26-17-27(48)18-30(34(26)29)36-35(42)37-31(19-43-36)38(47-13-15-50-22-28(49)21-47)45-39(44-37)52-23-40-10-4-6-33(40)46(12-5-11-40)20-25-9-14-51-24(2)16-25/h7-8,17-19,24-25,28,33,48-49H,3-6,9-16,20-23H2,1-2H3/t24-,25?,28?,33?,40?/m0/s1. The lowest BCUT2D eigenvalue weighted by molar-refractivity contribution is -0.0369. The van der Waals surface area contributed by atoms with Crippen molar-refractivity contribution in [3.8, 4) is 23.0 Å². The van der Waals surface area contributed by atoms with Crippen LogP contribution in [0.5, 0.6) is 11.8 Å². The molecule has 278 valence electrons. The molecule has 4 fully saturated rings. The fourth-order valence-electron chi connectivity index (χ4n) is 9.56. The lowest BCUT2D eigenvalue weighted by atomic mass is 9.75. The van der Waals surface area contributed by atoms with Gasteiger partial charge in [0.15, 0.2) is 5.82 Å². The van der Waals surface area contributed by atoms with Gasteiger partial charge >= 0.3 is 6.01 Å². The third kappa shape index (κ3) is 6.67. The highest BCUT2D eigenvalue weighted by molar-refractivity contribution is 6.01. The molecule has 10 nitrogen and oxygen atoms in total. The number of benzene rings is 2. The second-order valence-corrected chi connectivity index (χ2v) is 15.4. The van der Waals surface area contributed by atoms with Gasteiger partial charge in [0.05, 0.1) is 37.4 Å². The zero-order valence-electron chi connectivity index (χ0n) is 30.1. The van der Waals surface area contributed by atoms with Crippen LogP contribution in [0.4, 0.5) is 14.6 Å². The largest absolute Gasteiger partial charge is 0.508 e. The normalized spacial score (nSPS) is 27.2. The summed E-state index contributed by atoms with van der Waals surface area (Å²) in [6.45, 7) is 8.62. The van der Waals surface area contributed by atoms with Crippen molar-refractivity contribution in [1.29, 1.82) is 0 Å². The number of ether oxygens (including phenoxy) is 3. The van der Waals surface area contributed by atoms with Gasteiger partial charge in [0.1, 0.15) is 28.6 Å². The summed E-state index contributed by atoms with van der Waals surface area (Å²) in [5, 5.41) is 22.7. The Bertz CT molecular complexity index is 1950. The van der Waals surface area contributed by atoms with Gasteiger partial charge in [-0.15, -0.1) is 0 Å².